The summed E-state index contributed by atoms with van der Waals surface area (Å²) in [6.07, 6.45) is 2.59. The molecule has 0 amide bonds. The van der Waals surface area contributed by atoms with Crippen molar-refractivity contribution in [2.45, 2.75) is 32.9 Å². The van der Waals surface area contributed by atoms with Crippen LogP contribution in [0.1, 0.15) is 32.1 Å². The molecule has 0 aliphatic carbocycles. The van der Waals surface area contributed by atoms with E-state index in [1.807, 2.05) is 4.68 Å². The zero-order valence-electron chi connectivity index (χ0n) is 11.6. The highest BCUT2D eigenvalue weighted by molar-refractivity contribution is 4.85. The van der Waals surface area contributed by atoms with E-state index in [4.69, 9.17) is 9.47 Å². The van der Waals surface area contributed by atoms with Crippen molar-refractivity contribution in [1.82, 2.24) is 20.1 Å². The summed E-state index contributed by atoms with van der Waals surface area (Å²) in [4.78, 5) is 4.24. The molecule has 0 saturated heterocycles. The SMILES string of the molecule is COCCOCCCNCc1ncnn1C(C)C. The minimum Gasteiger partial charge on any atom is -0.382 e. The third kappa shape index (κ3) is 5.57. The molecule has 0 unspecified atom stereocenters. The highest BCUT2D eigenvalue weighted by Crippen LogP contribution is 2.04. The van der Waals surface area contributed by atoms with Gasteiger partial charge in [0, 0.05) is 19.8 Å². The van der Waals surface area contributed by atoms with E-state index in [0.717, 1.165) is 31.9 Å². The Morgan fingerprint density at radius 1 is 1.33 bits per heavy atom. The van der Waals surface area contributed by atoms with Gasteiger partial charge in [0.1, 0.15) is 12.2 Å². The summed E-state index contributed by atoms with van der Waals surface area (Å²) < 4.78 is 12.2. The molecule has 1 rings (SSSR count). The maximum Gasteiger partial charge on any atom is 0.141 e. The molecule has 0 fully saturated rings. The first-order valence-electron chi connectivity index (χ1n) is 6.41. The van der Waals surface area contributed by atoms with Crippen LogP contribution in [0.3, 0.4) is 0 Å². The summed E-state index contributed by atoms with van der Waals surface area (Å²) in [5.41, 5.74) is 0. The summed E-state index contributed by atoms with van der Waals surface area (Å²) >= 11 is 0. The normalized spacial score (nSPS) is 11.3. The molecule has 0 aliphatic rings. The van der Waals surface area contributed by atoms with Crippen molar-refractivity contribution in [2.75, 3.05) is 33.5 Å². The highest BCUT2D eigenvalue weighted by Gasteiger charge is 2.06. The summed E-state index contributed by atoms with van der Waals surface area (Å²) in [5.74, 6) is 0.977. The van der Waals surface area contributed by atoms with Crippen molar-refractivity contribution in [3.8, 4) is 0 Å². The molecular formula is C12H24N4O2. The number of ether oxygens (including phenoxy) is 2. The number of hydrogen-bond donors (Lipinski definition) is 1. The molecule has 1 aromatic heterocycles. The quantitative estimate of drug-likeness (QED) is 0.633. The lowest BCUT2D eigenvalue weighted by Crippen LogP contribution is -2.20. The molecule has 1 aromatic rings. The standard InChI is InChI=1S/C12H24N4O2/c1-11(2)16-12(14-10-15-16)9-13-5-4-6-18-8-7-17-3/h10-11,13H,4-9H2,1-3H3. The predicted octanol–water partition coefficient (Wildman–Crippen LogP) is 1.00. The molecule has 0 spiro atoms. The Morgan fingerprint density at radius 2 is 2.17 bits per heavy atom. The Bertz CT molecular complexity index is 315. The van der Waals surface area contributed by atoms with E-state index in [1.54, 1.807) is 13.4 Å². The molecule has 0 aliphatic heterocycles. The van der Waals surface area contributed by atoms with Gasteiger partial charge < -0.3 is 14.8 Å². The summed E-state index contributed by atoms with van der Waals surface area (Å²) in [7, 11) is 1.68. The van der Waals surface area contributed by atoms with Crippen LogP contribution in [0.2, 0.25) is 0 Å². The second-order valence-electron chi connectivity index (χ2n) is 4.35. The highest BCUT2D eigenvalue weighted by atomic mass is 16.5. The smallest absolute Gasteiger partial charge is 0.141 e. The maximum absolute atomic E-state index is 5.38. The van der Waals surface area contributed by atoms with Crippen LogP contribution < -0.4 is 5.32 Å². The van der Waals surface area contributed by atoms with Gasteiger partial charge in [-0.25, -0.2) is 9.67 Å². The molecular weight excluding hydrogens is 232 g/mol. The van der Waals surface area contributed by atoms with Gasteiger partial charge in [-0.15, -0.1) is 0 Å². The number of rotatable bonds is 10. The molecule has 18 heavy (non-hydrogen) atoms. The van der Waals surface area contributed by atoms with Crippen LogP contribution in [0.25, 0.3) is 0 Å². The molecule has 6 nitrogen and oxygen atoms in total. The van der Waals surface area contributed by atoms with Crippen molar-refractivity contribution >= 4 is 0 Å². The minimum atomic E-state index is 0.349. The molecule has 104 valence electrons. The zero-order chi connectivity index (χ0) is 13.2. The second-order valence-corrected chi connectivity index (χ2v) is 4.35. The molecule has 0 saturated carbocycles. The van der Waals surface area contributed by atoms with E-state index in [2.05, 4.69) is 29.2 Å². The lowest BCUT2D eigenvalue weighted by Gasteiger charge is -2.10. The molecule has 0 radical (unpaired) electrons. The Hall–Kier alpha value is -0.980. The van der Waals surface area contributed by atoms with Crippen molar-refractivity contribution in [1.29, 1.82) is 0 Å². The second kappa shape index (κ2) is 9.02. The van der Waals surface area contributed by atoms with Crippen molar-refractivity contribution in [3.63, 3.8) is 0 Å². The average Bonchev–Trinajstić information content (AvgIpc) is 2.81. The van der Waals surface area contributed by atoms with E-state index >= 15 is 0 Å². The van der Waals surface area contributed by atoms with Gasteiger partial charge in [0.15, 0.2) is 0 Å². The van der Waals surface area contributed by atoms with Crippen LogP contribution in [0, 0.1) is 0 Å². The van der Waals surface area contributed by atoms with Crippen LogP contribution in [-0.2, 0) is 16.0 Å². The first-order chi connectivity index (χ1) is 8.75. The van der Waals surface area contributed by atoms with Crippen molar-refractivity contribution in [2.24, 2.45) is 0 Å². The van der Waals surface area contributed by atoms with Crippen LogP contribution in [-0.4, -0.2) is 48.2 Å². The summed E-state index contributed by atoms with van der Waals surface area (Å²) in [6, 6.07) is 0.349. The van der Waals surface area contributed by atoms with Crippen LogP contribution >= 0.6 is 0 Å². The maximum atomic E-state index is 5.38. The number of hydrogen-bond acceptors (Lipinski definition) is 5. The summed E-state index contributed by atoms with van der Waals surface area (Å²) in [6.45, 7) is 7.94. The number of aromatic nitrogens is 3. The zero-order valence-corrected chi connectivity index (χ0v) is 11.6. The molecule has 1 heterocycles. The van der Waals surface area contributed by atoms with Crippen LogP contribution in [0.4, 0.5) is 0 Å². The van der Waals surface area contributed by atoms with Gasteiger partial charge in [0.2, 0.25) is 0 Å². The average molecular weight is 256 g/mol. The van der Waals surface area contributed by atoms with Gasteiger partial charge in [-0.05, 0) is 26.8 Å². The minimum absolute atomic E-state index is 0.349. The molecule has 1 N–H and O–H groups in total. The molecule has 0 atom stereocenters. The first kappa shape index (κ1) is 15.1. The fourth-order valence-electron chi connectivity index (χ4n) is 1.58. The van der Waals surface area contributed by atoms with Crippen molar-refractivity contribution in [3.05, 3.63) is 12.2 Å². The predicted molar refractivity (Wildman–Crippen MR) is 69.4 cm³/mol. The number of methoxy groups -OCH3 is 1. The van der Waals surface area contributed by atoms with Gasteiger partial charge in [-0.1, -0.05) is 0 Å². The van der Waals surface area contributed by atoms with Crippen LogP contribution in [0.5, 0.6) is 0 Å². The molecule has 0 aromatic carbocycles. The largest absolute Gasteiger partial charge is 0.382 e. The Morgan fingerprint density at radius 3 is 2.89 bits per heavy atom. The van der Waals surface area contributed by atoms with E-state index in [-0.39, 0.29) is 0 Å². The van der Waals surface area contributed by atoms with Gasteiger partial charge >= 0.3 is 0 Å². The fraction of sp³-hybridized carbons (Fsp3) is 0.833. The number of nitrogens with one attached hydrogen (secondary N) is 1. The van der Waals surface area contributed by atoms with Gasteiger partial charge in [0.25, 0.3) is 0 Å². The monoisotopic (exact) mass is 256 g/mol. The Labute approximate surface area is 109 Å². The lowest BCUT2D eigenvalue weighted by atomic mass is 10.4. The third-order valence-electron chi connectivity index (χ3n) is 2.49. The first-order valence-corrected chi connectivity index (χ1v) is 6.41. The van der Waals surface area contributed by atoms with Gasteiger partial charge in [-0.3, -0.25) is 0 Å². The van der Waals surface area contributed by atoms with Gasteiger partial charge in [-0.2, -0.15) is 5.10 Å². The summed E-state index contributed by atoms with van der Waals surface area (Å²) in [5, 5.41) is 7.53. The van der Waals surface area contributed by atoms with E-state index in [1.165, 1.54) is 0 Å². The van der Waals surface area contributed by atoms with Crippen molar-refractivity contribution < 1.29 is 9.47 Å². The van der Waals surface area contributed by atoms with Gasteiger partial charge in [0.05, 0.1) is 19.8 Å². The van der Waals surface area contributed by atoms with E-state index in [9.17, 15) is 0 Å². The topological polar surface area (TPSA) is 61.2 Å². The lowest BCUT2D eigenvalue weighted by molar-refractivity contribution is 0.0694. The Kier molecular flexibility index (Phi) is 7.55. The van der Waals surface area contributed by atoms with E-state index in [0.29, 0.717) is 19.3 Å². The number of nitrogens with zero attached hydrogens (tertiary/aromatic N) is 3. The molecule has 0 bridgehead atoms. The molecule has 6 heteroatoms. The third-order valence-corrected chi connectivity index (χ3v) is 2.49. The fourth-order valence-corrected chi connectivity index (χ4v) is 1.58. The van der Waals surface area contributed by atoms with E-state index < -0.39 is 0 Å². The van der Waals surface area contributed by atoms with Crippen LogP contribution in [0.15, 0.2) is 6.33 Å². The Balaban J connectivity index is 2.05.